The Morgan fingerprint density at radius 1 is 1.05 bits per heavy atom. The van der Waals surface area contributed by atoms with E-state index < -0.39 is 0 Å². The molecule has 2 aliphatic carbocycles. The summed E-state index contributed by atoms with van der Waals surface area (Å²) in [5, 5.41) is 0. The summed E-state index contributed by atoms with van der Waals surface area (Å²) in [6.07, 6.45) is 12.1. The Labute approximate surface area is 115 Å². The lowest BCUT2D eigenvalue weighted by Crippen LogP contribution is -2.32. The molecule has 1 N–H and O–H groups in total. The zero-order chi connectivity index (χ0) is 12.7. The molecule has 2 fully saturated rings. The van der Waals surface area contributed by atoms with Crippen molar-refractivity contribution in [1.29, 1.82) is 0 Å². The number of imidazole rings is 1. The Morgan fingerprint density at radius 3 is 2.74 bits per heavy atom. The van der Waals surface area contributed by atoms with Crippen LogP contribution in [0.25, 0.3) is 0 Å². The van der Waals surface area contributed by atoms with Crippen LogP contribution < -0.4 is 0 Å². The van der Waals surface area contributed by atoms with Crippen LogP contribution in [0.4, 0.5) is 0 Å². The summed E-state index contributed by atoms with van der Waals surface area (Å²) in [4.78, 5) is 11.3. The maximum absolute atomic E-state index is 4.94. The van der Waals surface area contributed by atoms with Crippen molar-refractivity contribution in [1.82, 2.24) is 14.9 Å². The number of rotatable bonds is 3. The molecular formula is C16H25N3. The van der Waals surface area contributed by atoms with Gasteiger partial charge >= 0.3 is 0 Å². The molecule has 0 aromatic carbocycles. The molecule has 1 aromatic heterocycles. The van der Waals surface area contributed by atoms with Crippen LogP contribution in [0.5, 0.6) is 0 Å². The number of aromatic nitrogens is 2. The van der Waals surface area contributed by atoms with E-state index in [2.05, 4.69) is 9.88 Å². The van der Waals surface area contributed by atoms with Crippen LogP contribution in [0, 0.1) is 5.92 Å². The highest BCUT2D eigenvalue weighted by Gasteiger charge is 2.32. The van der Waals surface area contributed by atoms with Crippen LogP contribution in [0.15, 0.2) is 0 Å². The average molecular weight is 259 g/mol. The molecule has 1 aliphatic heterocycles. The maximum Gasteiger partial charge on any atom is 0.124 e. The Hall–Kier alpha value is -0.830. The number of fused-ring (bicyclic) bond motifs is 1. The molecule has 4 rings (SSSR count). The summed E-state index contributed by atoms with van der Waals surface area (Å²) in [5.74, 6) is 2.26. The number of nitrogens with one attached hydrogen (secondary N) is 1. The van der Waals surface area contributed by atoms with Crippen molar-refractivity contribution in [2.75, 3.05) is 13.1 Å². The largest absolute Gasteiger partial charge is 0.344 e. The van der Waals surface area contributed by atoms with E-state index in [1.54, 1.807) is 0 Å². The van der Waals surface area contributed by atoms with Crippen molar-refractivity contribution in [2.45, 2.75) is 63.8 Å². The van der Waals surface area contributed by atoms with Gasteiger partial charge in [-0.15, -0.1) is 0 Å². The van der Waals surface area contributed by atoms with Gasteiger partial charge in [0.15, 0.2) is 0 Å². The molecule has 1 unspecified atom stereocenters. The molecule has 3 aliphatic rings. The minimum atomic E-state index is 0.589. The monoisotopic (exact) mass is 259 g/mol. The topological polar surface area (TPSA) is 31.9 Å². The first-order chi connectivity index (χ1) is 9.40. The zero-order valence-electron chi connectivity index (χ0n) is 11.8. The van der Waals surface area contributed by atoms with Gasteiger partial charge in [-0.25, -0.2) is 4.98 Å². The van der Waals surface area contributed by atoms with Crippen LogP contribution in [0.1, 0.15) is 68.2 Å². The van der Waals surface area contributed by atoms with E-state index in [1.165, 1.54) is 88.1 Å². The van der Waals surface area contributed by atoms with Gasteiger partial charge < -0.3 is 4.98 Å². The molecular weight excluding hydrogens is 234 g/mol. The van der Waals surface area contributed by atoms with Crippen molar-refractivity contribution >= 4 is 0 Å². The molecule has 3 nitrogen and oxygen atoms in total. The summed E-state index contributed by atoms with van der Waals surface area (Å²) < 4.78 is 0. The highest BCUT2D eigenvalue weighted by atomic mass is 15.2. The Balaban J connectivity index is 1.51. The van der Waals surface area contributed by atoms with E-state index in [1.807, 2.05) is 0 Å². The summed E-state index contributed by atoms with van der Waals surface area (Å²) in [6, 6.07) is 0.589. The third-order valence-electron chi connectivity index (χ3n) is 5.37. The van der Waals surface area contributed by atoms with Gasteiger partial charge in [0.25, 0.3) is 0 Å². The van der Waals surface area contributed by atoms with Crippen molar-refractivity contribution in [2.24, 2.45) is 5.92 Å². The van der Waals surface area contributed by atoms with Gasteiger partial charge in [-0.1, -0.05) is 6.42 Å². The predicted octanol–water partition coefficient (Wildman–Crippen LogP) is 3.23. The molecule has 0 spiro atoms. The van der Waals surface area contributed by atoms with E-state index in [4.69, 9.17) is 4.98 Å². The number of likely N-dealkylation sites (tertiary alicyclic amines) is 1. The van der Waals surface area contributed by atoms with Crippen LogP contribution in [-0.4, -0.2) is 28.0 Å². The number of hydrogen-bond acceptors (Lipinski definition) is 2. The fourth-order valence-electron chi connectivity index (χ4n) is 3.99. The smallest absolute Gasteiger partial charge is 0.124 e. The maximum atomic E-state index is 4.94. The summed E-state index contributed by atoms with van der Waals surface area (Å²) in [5.41, 5.74) is 2.81. The molecule has 104 valence electrons. The van der Waals surface area contributed by atoms with Crippen LogP contribution in [-0.2, 0) is 12.8 Å². The summed E-state index contributed by atoms with van der Waals surface area (Å²) in [7, 11) is 0. The lowest BCUT2D eigenvalue weighted by Gasteiger charge is -2.32. The third-order valence-corrected chi connectivity index (χ3v) is 5.37. The van der Waals surface area contributed by atoms with Crippen LogP contribution in [0.2, 0.25) is 0 Å². The first kappa shape index (κ1) is 12.0. The van der Waals surface area contributed by atoms with E-state index in [9.17, 15) is 0 Å². The van der Waals surface area contributed by atoms with Crippen LogP contribution in [0.3, 0.4) is 0 Å². The molecule has 0 amide bonds. The molecule has 1 aromatic rings. The molecule has 1 saturated heterocycles. The van der Waals surface area contributed by atoms with E-state index in [0.29, 0.717) is 6.04 Å². The first-order valence-corrected chi connectivity index (χ1v) is 8.22. The quantitative estimate of drug-likeness (QED) is 0.903. The third kappa shape index (κ3) is 2.22. The Kier molecular flexibility index (Phi) is 3.10. The van der Waals surface area contributed by atoms with Crippen molar-refractivity contribution in [3.63, 3.8) is 0 Å². The van der Waals surface area contributed by atoms with Gasteiger partial charge in [-0.05, 0) is 63.8 Å². The van der Waals surface area contributed by atoms with Crippen LogP contribution >= 0.6 is 0 Å². The molecule has 0 bridgehead atoms. The Morgan fingerprint density at radius 2 is 1.95 bits per heavy atom. The van der Waals surface area contributed by atoms with Crippen molar-refractivity contribution < 1.29 is 0 Å². The molecule has 0 radical (unpaired) electrons. The standard InChI is InChI=1S/C16H25N3/c1-2-8-14-13(7-1)17-16(18-14)15-9-4-10-19(15)11-12-5-3-6-12/h12,15H,1-11H2,(H,17,18). The first-order valence-electron chi connectivity index (χ1n) is 8.22. The molecule has 2 heterocycles. The fourth-order valence-corrected chi connectivity index (χ4v) is 3.99. The van der Waals surface area contributed by atoms with Gasteiger partial charge in [0.1, 0.15) is 5.82 Å². The van der Waals surface area contributed by atoms with Crippen molar-refractivity contribution in [3.8, 4) is 0 Å². The molecule has 1 saturated carbocycles. The lowest BCUT2D eigenvalue weighted by molar-refractivity contribution is 0.163. The van der Waals surface area contributed by atoms with Gasteiger partial charge in [0.05, 0.1) is 11.7 Å². The van der Waals surface area contributed by atoms with Gasteiger partial charge in [-0.3, -0.25) is 4.90 Å². The number of aryl methyl sites for hydroxylation is 2. The predicted molar refractivity (Wildman–Crippen MR) is 76.1 cm³/mol. The normalized spacial score (nSPS) is 28.3. The van der Waals surface area contributed by atoms with E-state index >= 15 is 0 Å². The SMILES string of the molecule is C1CCc2[nH]c(C3CCCN3CC3CCC3)nc2C1. The highest BCUT2D eigenvalue weighted by molar-refractivity contribution is 5.19. The van der Waals surface area contributed by atoms with E-state index in [-0.39, 0.29) is 0 Å². The molecule has 19 heavy (non-hydrogen) atoms. The fraction of sp³-hybridized carbons (Fsp3) is 0.812. The average Bonchev–Trinajstić information content (AvgIpc) is 2.99. The number of hydrogen-bond donors (Lipinski definition) is 1. The summed E-state index contributed by atoms with van der Waals surface area (Å²) >= 11 is 0. The molecule has 3 heteroatoms. The van der Waals surface area contributed by atoms with Gasteiger partial charge in [0.2, 0.25) is 0 Å². The molecule has 1 atom stereocenters. The highest BCUT2D eigenvalue weighted by Crippen LogP contribution is 2.36. The Bertz CT molecular complexity index is 423. The van der Waals surface area contributed by atoms with Crippen molar-refractivity contribution in [3.05, 3.63) is 17.2 Å². The number of aromatic amines is 1. The summed E-state index contributed by atoms with van der Waals surface area (Å²) in [6.45, 7) is 2.60. The van der Waals surface area contributed by atoms with Gasteiger partial charge in [-0.2, -0.15) is 0 Å². The second-order valence-corrected chi connectivity index (χ2v) is 6.70. The lowest BCUT2D eigenvalue weighted by atomic mass is 9.85. The minimum Gasteiger partial charge on any atom is -0.344 e. The number of nitrogens with zero attached hydrogens (tertiary/aromatic N) is 2. The minimum absolute atomic E-state index is 0.589. The van der Waals surface area contributed by atoms with Gasteiger partial charge in [0, 0.05) is 12.2 Å². The second-order valence-electron chi connectivity index (χ2n) is 6.70. The zero-order valence-corrected chi connectivity index (χ0v) is 11.8. The number of H-pyrrole nitrogens is 1. The van der Waals surface area contributed by atoms with E-state index in [0.717, 1.165) is 5.92 Å². The second kappa shape index (κ2) is 4.93.